The van der Waals surface area contributed by atoms with E-state index in [9.17, 15) is 19.5 Å². The van der Waals surface area contributed by atoms with Crippen molar-refractivity contribution in [2.75, 3.05) is 32.8 Å². The van der Waals surface area contributed by atoms with E-state index in [1.807, 2.05) is 55.7 Å². The molecule has 0 aliphatic carbocycles. The quantitative estimate of drug-likeness (QED) is 0.630. The van der Waals surface area contributed by atoms with Crippen LogP contribution < -0.4 is 0 Å². The second kappa shape index (κ2) is 8.52. The van der Waals surface area contributed by atoms with Crippen molar-refractivity contribution in [3.63, 3.8) is 0 Å². The Morgan fingerprint density at radius 1 is 1.09 bits per heavy atom. The molecule has 0 aromatic heterocycles. The summed E-state index contributed by atoms with van der Waals surface area (Å²) in [7, 11) is 0. The number of thioether (sulfide) groups is 1. The van der Waals surface area contributed by atoms with E-state index in [1.165, 1.54) is 0 Å². The molecule has 0 saturated carbocycles. The summed E-state index contributed by atoms with van der Waals surface area (Å²) < 4.78 is -0.770. The van der Waals surface area contributed by atoms with Gasteiger partial charge in [-0.05, 0) is 33.6 Å². The van der Waals surface area contributed by atoms with E-state index in [4.69, 9.17) is 0 Å². The Balaban J connectivity index is 1.81. The number of amides is 3. The summed E-state index contributed by atoms with van der Waals surface area (Å²) in [5.41, 5.74) is -0.391. The Kier molecular flexibility index (Phi) is 6.22. The highest BCUT2D eigenvalue weighted by Crippen LogP contribution is 2.61. The lowest BCUT2D eigenvalue weighted by molar-refractivity contribution is -0.146. The van der Waals surface area contributed by atoms with Gasteiger partial charge in [0.25, 0.3) is 0 Å². The van der Waals surface area contributed by atoms with Crippen LogP contribution in [0.2, 0.25) is 0 Å². The molecule has 4 aliphatic heterocycles. The number of likely N-dealkylation sites (tertiary alicyclic amines) is 1. The summed E-state index contributed by atoms with van der Waals surface area (Å²) in [6.45, 7) is 10.0. The molecule has 176 valence electrons. The summed E-state index contributed by atoms with van der Waals surface area (Å²) >= 11 is 1.61. The Hall–Kier alpha value is -1.80. The van der Waals surface area contributed by atoms with Gasteiger partial charge in [-0.3, -0.25) is 14.4 Å². The molecule has 1 N–H and O–H groups in total. The summed E-state index contributed by atoms with van der Waals surface area (Å²) in [6.07, 6.45) is 9.44. The van der Waals surface area contributed by atoms with Gasteiger partial charge in [0.05, 0.1) is 16.6 Å². The van der Waals surface area contributed by atoms with E-state index >= 15 is 0 Å². The Bertz CT molecular complexity index is 851. The van der Waals surface area contributed by atoms with Gasteiger partial charge in [0.2, 0.25) is 17.7 Å². The second-order valence-electron chi connectivity index (χ2n) is 10.2. The lowest BCUT2D eigenvalue weighted by atomic mass is 9.78. The SMILES string of the molecule is CCCN1CC=C[C@H]2S[C@]34C=CCN(C(C)(C)C)C(=O)C3N(CCCO)C(=O)[C@@H]4[C@H]2C1=O. The largest absolute Gasteiger partial charge is 0.396 e. The van der Waals surface area contributed by atoms with Crippen LogP contribution in [0.5, 0.6) is 0 Å². The number of carbonyl (C=O) groups excluding carboxylic acids is 3. The zero-order valence-electron chi connectivity index (χ0n) is 19.5. The van der Waals surface area contributed by atoms with Gasteiger partial charge in [-0.2, -0.15) is 0 Å². The molecule has 1 spiro atoms. The monoisotopic (exact) mass is 461 g/mol. The molecule has 7 nitrogen and oxygen atoms in total. The fourth-order valence-electron chi connectivity index (χ4n) is 5.74. The number of aliphatic hydroxyl groups is 1. The lowest BCUT2D eigenvalue weighted by Crippen LogP contribution is -2.57. The van der Waals surface area contributed by atoms with E-state index in [1.54, 1.807) is 16.7 Å². The highest BCUT2D eigenvalue weighted by molar-refractivity contribution is 8.02. The van der Waals surface area contributed by atoms with Crippen LogP contribution in [0, 0.1) is 11.8 Å². The van der Waals surface area contributed by atoms with Gasteiger partial charge in [0.1, 0.15) is 6.04 Å². The molecule has 4 heterocycles. The maximum absolute atomic E-state index is 14.0. The van der Waals surface area contributed by atoms with Gasteiger partial charge >= 0.3 is 0 Å². The summed E-state index contributed by atoms with van der Waals surface area (Å²) in [4.78, 5) is 46.8. The normalized spacial score (nSPS) is 34.5. The molecular weight excluding hydrogens is 426 g/mol. The van der Waals surface area contributed by atoms with E-state index < -0.39 is 28.2 Å². The van der Waals surface area contributed by atoms with Crippen LogP contribution in [0.3, 0.4) is 0 Å². The van der Waals surface area contributed by atoms with Gasteiger partial charge in [-0.25, -0.2) is 0 Å². The summed E-state index contributed by atoms with van der Waals surface area (Å²) in [5, 5.41) is 9.33. The topological polar surface area (TPSA) is 81.2 Å². The fourth-order valence-corrected chi connectivity index (χ4v) is 7.75. The van der Waals surface area contributed by atoms with Gasteiger partial charge in [0, 0.05) is 43.6 Å². The van der Waals surface area contributed by atoms with Crippen molar-refractivity contribution in [2.45, 2.75) is 62.1 Å². The molecule has 3 amide bonds. The number of hydrogen-bond donors (Lipinski definition) is 1. The standard InChI is InChI=1S/C24H35N3O4S/c1-5-11-25-12-6-9-16-17(20(25)29)18-21(30)26(13-8-15-28)19-22(31)27(23(2,3)4)14-7-10-24(18,19)32-16/h6-7,9-10,16-19,28H,5,8,11-15H2,1-4H3/t16-,17+,18+,19?,24+/m1/s1. The van der Waals surface area contributed by atoms with E-state index in [2.05, 4.69) is 6.08 Å². The molecule has 0 bridgehead atoms. The molecule has 2 saturated heterocycles. The minimum absolute atomic E-state index is 0.0186. The first-order valence-corrected chi connectivity index (χ1v) is 12.6. The van der Waals surface area contributed by atoms with Crippen molar-refractivity contribution in [3.05, 3.63) is 24.3 Å². The van der Waals surface area contributed by atoms with Crippen molar-refractivity contribution in [1.82, 2.24) is 14.7 Å². The molecule has 4 rings (SSSR count). The predicted molar refractivity (Wildman–Crippen MR) is 125 cm³/mol. The van der Waals surface area contributed by atoms with Crippen LogP contribution in [-0.4, -0.2) is 91.9 Å². The third kappa shape index (κ3) is 3.50. The van der Waals surface area contributed by atoms with Crippen LogP contribution in [-0.2, 0) is 14.4 Å². The van der Waals surface area contributed by atoms with Crippen molar-refractivity contribution in [1.29, 1.82) is 0 Å². The minimum Gasteiger partial charge on any atom is -0.396 e. The molecule has 8 heteroatoms. The first kappa shape index (κ1) is 23.4. The predicted octanol–water partition coefficient (Wildman–Crippen LogP) is 1.67. The third-order valence-electron chi connectivity index (χ3n) is 7.10. The Labute approximate surface area is 194 Å². The summed E-state index contributed by atoms with van der Waals surface area (Å²) in [6, 6.07) is -0.665. The van der Waals surface area contributed by atoms with Crippen LogP contribution >= 0.6 is 11.8 Å². The van der Waals surface area contributed by atoms with Crippen LogP contribution in [0.25, 0.3) is 0 Å². The van der Waals surface area contributed by atoms with Crippen molar-refractivity contribution < 1.29 is 19.5 Å². The van der Waals surface area contributed by atoms with Gasteiger partial charge in [0.15, 0.2) is 0 Å². The number of nitrogens with zero attached hydrogens (tertiary/aromatic N) is 3. The van der Waals surface area contributed by atoms with Gasteiger partial charge < -0.3 is 19.8 Å². The Morgan fingerprint density at radius 2 is 1.84 bits per heavy atom. The molecule has 0 aromatic carbocycles. The van der Waals surface area contributed by atoms with Crippen LogP contribution in [0.4, 0.5) is 0 Å². The van der Waals surface area contributed by atoms with E-state index in [-0.39, 0.29) is 29.6 Å². The molecule has 0 aromatic rings. The maximum Gasteiger partial charge on any atom is 0.247 e. The number of fused-ring (bicyclic) bond motifs is 2. The highest BCUT2D eigenvalue weighted by atomic mass is 32.2. The van der Waals surface area contributed by atoms with Crippen LogP contribution in [0.15, 0.2) is 24.3 Å². The summed E-state index contributed by atoms with van der Waals surface area (Å²) in [5.74, 6) is -1.22. The number of hydrogen-bond acceptors (Lipinski definition) is 5. The molecule has 0 radical (unpaired) electrons. The first-order chi connectivity index (χ1) is 15.2. The maximum atomic E-state index is 14.0. The van der Waals surface area contributed by atoms with Crippen molar-refractivity contribution in [3.8, 4) is 0 Å². The minimum atomic E-state index is -0.770. The average Bonchev–Trinajstić information content (AvgIpc) is 3.03. The van der Waals surface area contributed by atoms with E-state index in [0.29, 0.717) is 32.6 Å². The van der Waals surface area contributed by atoms with Gasteiger partial charge in [-0.1, -0.05) is 31.2 Å². The fraction of sp³-hybridized carbons (Fsp3) is 0.708. The third-order valence-corrected chi connectivity index (χ3v) is 8.85. The second-order valence-corrected chi connectivity index (χ2v) is 11.7. The molecule has 32 heavy (non-hydrogen) atoms. The highest BCUT2D eigenvalue weighted by Gasteiger charge is 2.71. The zero-order chi connectivity index (χ0) is 23.3. The van der Waals surface area contributed by atoms with Gasteiger partial charge in [-0.15, -0.1) is 11.8 Å². The Morgan fingerprint density at radius 3 is 2.50 bits per heavy atom. The van der Waals surface area contributed by atoms with Crippen LogP contribution in [0.1, 0.15) is 40.5 Å². The van der Waals surface area contributed by atoms with Crippen molar-refractivity contribution in [2.24, 2.45) is 11.8 Å². The number of aliphatic hydroxyl groups excluding tert-OH is 1. The molecule has 2 fully saturated rings. The van der Waals surface area contributed by atoms with Crippen molar-refractivity contribution >= 4 is 29.5 Å². The number of rotatable bonds is 5. The molecule has 1 unspecified atom stereocenters. The lowest BCUT2D eigenvalue weighted by Gasteiger charge is -2.40. The molecule has 5 atom stereocenters. The zero-order valence-corrected chi connectivity index (χ0v) is 20.3. The number of carbonyl (C=O) groups is 3. The molecular formula is C24H35N3O4S. The smallest absolute Gasteiger partial charge is 0.247 e. The average molecular weight is 462 g/mol. The molecule has 4 aliphatic rings. The first-order valence-electron chi connectivity index (χ1n) is 11.7. The van der Waals surface area contributed by atoms with E-state index in [0.717, 1.165) is 6.42 Å².